The van der Waals surface area contributed by atoms with E-state index in [1.165, 1.54) is 10.8 Å². The van der Waals surface area contributed by atoms with Crippen molar-refractivity contribution in [3.8, 4) is 11.3 Å². The first-order chi connectivity index (χ1) is 16.9. The van der Waals surface area contributed by atoms with Gasteiger partial charge in [0.25, 0.3) is 11.8 Å². The Labute approximate surface area is 209 Å². The molecule has 0 saturated carbocycles. The van der Waals surface area contributed by atoms with Crippen LogP contribution in [0.2, 0.25) is 5.02 Å². The summed E-state index contributed by atoms with van der Waals surface area (Å²) in [5.74, 6) is -0.591. The van der Waals surface area contributed by atoms with E-state index in [1.54, 1.807) is 42.6 Å². The number of nitrogens with zero attached hydrogens (tertiary/aromatic N) is 1. The largest absolute Gasteiger partial charge is 0.394 e. The lowest BCUT2D eigenvalue weighted by atomic mass is 10.1. The molecule has 0 radical (unpaired) electrons. The van der Waals surface area contributed by atoms with E-state index >= 15 is 0 Å². The zero-order chi connectivity index (χ0) is 25.2. The SMILES string of the molecule is CCCCCN/C(=C\C(=O)n1cc(-c2ccc(Cl)cc2)[nH]1)c1ccc(C(=O)NCC(O)CO)cc1. The number of allylic oxidation sites excluding steroid dienone is 1. The average Bonchev–Trinajstić information content (AvgIpc) is 2.84. The molecule has 0 saturated heterocycles. The van der Waals surface area contributed by atoms with Crippen LogP contribution in [0.4, 0.5) is 0 Å². The van der Waals surface area contributed by atoms with Gasteiger partial charge in [-0.2, -0.15) is 0 Å². The molecule has 9 heteroatoms. The van der Waals surface area contributed by atoms with E-state index in [0.29, 0.717) is 22.8 Å². The van der Waals surface area contributed by atoms with Gasteiger partial charge >= 0.3 is 0 Å². The van der Waals surface area contributed by atoms with E-state index in [2.05, 4.69) is 22.7 Å². The number of aromatic nitrogens is 2. The summed E-state index contributed by atoms with van der Waals surface area (Å²) < 4.78 is 1.41. The Balaban J connectivity index is 1.73. The second-order valence-corrected chi connectivity index (χ2v) is 8.62. The molecule has 0 fully saturated rings. The van der Waals surface area contributed by atoms with Crippen LogP contribution in [0.3, 0.4) is 0 Å². The molecule has 0 aliphatic rings. The van der Waals surface area contributed by atoms with Gasteiger partial charge < -0.3 is 20.8 Å². The molecular formula is C26H31ClN4O4. The minimum atomic E-state index is -1.00. The lowest BCUT2D eigenvalue weighted by molar-refractivity contribution is 0.0802. The van der Waals surface area contributed by atoms with E-state index in [1.807, 2.05) is 12.1 Å². The van der Waals surface area contributed by atoms with Crippen molar-refractivity contribution in [2.24, 2.45) is 0 Å². The fourth-order valence-corrected chi connectivity index (χ4v) is 3.47. The predicted octanol–water partition coefficient (Wildman–Crippen LogP) is 3.68. The molecule has 0 aliphatic carbocycles. The van der Waals surface area contributed by atoms with Gasteiger partial charge in [0, 0.05) is 41.0 Å². The van der Waals surface area contributed by atoms with Crippen molar-refractivity contribution in [1.29, 1.82) is 0 Å². The van der Waals surface area contributed by atoms with E-state index < -0.39 is 12.7 Å². The maximum Gasteiger partial charge on any atom is 0.271 e. The summed E-state index contributed by atoms with van der Waals surface area (Å²) in [6.07, 6.45) is 5.39. The number of unbranched alkanes of at least 4 members (excludes halogenated alkanes) is 2. The maximum absolute atomic E-state index is 12.9. The first-order valence-electron chi connectivity index (χ1n) is 11.6. The van der Waals surface area contributed by atoms with Crippen LogP contribution in [-0.2, 0) is 0 Å². The third-order valence-electron chi connectivity index (χ3n) is 5.42. The van der Waals surface area contributed by atoms with Crippen LogP contribution in [0.25, 0.3) is 17.0 Å². The number of hydrogen-bond acceptors (Lipinski definition) is 5. The quantitative estimate of drug-likeness (QED) is 0.193. The van der Waals surface area contributed by atoms with Crippen LogP contribution in [0.15, 0.2) is 60.8 Å². The number of halogens is 1. The number of aromatic amines is 1. The Hall–Kier alpha value is -3.33. The Kier molecular flexibility index (Phi) is 9.72. The molecule has 35 heavy (non-hydrogen) atoms. The fraction of sp³-hybridized carbons (Fsp3) is 0.308. The van der Waals surface area contributed by atoms with Crippen molar-refractivity contribution in [2.45, 2.75) is 32.3 Å². The van der Waals surface area contributed by atoms with Crippen LogP contribution in [0.5, 0.6) is 0 Å². The number of H-pyrrole nitrogens is 1. The fourth-order valence-electron chi connectivity index (χ4n) is 3.35. The molecule has 8 nitrogen and oxygen atoms in total. The van der Waals surface area contributed by atoms with E-state index in [-0.39, 0.29) is 18.4 Å². The molecule has 2 aromatic carbocycles. The third-order valence-corrected chi connectivity index (χ3v) is 5.67. The van der Waals surface area contributed by atoms with E-state index in [9.17, 15) is 14.7 Å². The van der Waals surface area contributed by atoms with Gasteiger partial charge in [-0.15, -0.1) is 0 Å². The van der Waals surface area contributed by atoms with Crippen molar-refractivity contribution >= 4 is 29.1 Å². The minimum Gasteiger partial charge on any atom is -0.394 e. The molecular weight excluding hydrogens is 468 g/mol. The predicted molar refractivity (Wildman–Crippen MR) is 137 cm³/mol. The molecule has 186 valence electrons. The summed E-state index contributed by atoms with van der Waals surface area (Å²) in [5, 5.41) is 27.9. The van der Waals surface area contributed by atoms with Gasteiger partial charge in [0.1, 0.15) is 0 Å². The van der Waals surface area contributed by atoms with Crippen LogP contribution in [0.1, 0.15) is 46.9 Å². The molecule has 1 amide bonds. The molecule has 0 bridgehead atoms. The van der Waals surface area contributed by atoms with E-state index in [0.717, 1.165) is 36.1 Å². The Morgan fingerprint density at radius 3 is 2.34 bits per heavy atom. The second kappa shape index (κ2) is 12.9. The van der Waals surface area contributed by atoms with Crippen molar-refractivity contribution in [3.05, 3.63) is 77.0 Å². The molecule has 3 rings (SSSR count). The molecule has 3 aromatic rings. The molecule has 0 aliphatic heterocycles. The van der Waals surface area contributed by atoms with Crippen molar-refractivity contribution in [3.63, 3.8) is 0 Å². The van der Waals surface area contributed by atoms with Gasteiger partial charge in [0.15, 0.2) is 0 Å². The number of carbonyl (C=O) groups is 2. The molecule has 5 N–H and O–H groups in total. The summed E-state index contributed by atoms with van der Waals surface area (Å²) in [4.78, 5) is 25.1. The van der Waals surface area contributed by atoms with Gasteiger partial charge in [0.05, 0.1) is 24.6 Å². The van der Waals surface area contributed by atoms with Crippen LogP contribution in [-0.4, -0.2) is 57.6 Å². The second-order valence-electron chi connectivity index (χ2n) is 8.19. The first kappa shape index (κ1) is 26.3. The highest BCUT2D eigenvalue weighted by atomic mass is 35.5. The normalized spacial score (nSPS) is 12.4. The number of aliphatic hydroxyl groups is 2. The monoisotopic (exact) mass is 498 g/mol. The van der Waals surface area contributed by atoms with Crippen LogP contribution in [0, 0.1) is 0 Å². The highest BCUT2D eigenvalue weighted by Crippen LogP contribution is 2.21. The molecule has 0 spiro atoms. The summed E-state index contributed by atoms with van der Waals surface area (Å²) in [6.45, 7) is 2.38. The number of nitrogens with one attached hydrogen (secondary N) is 3. The Bertz CT molecular complexity index is 1120. The van der Waals surface area contributed by atoms with Gasteiger partial charge in [-0.1, -0.05) is 55.6 Å². The minimum absolute atomic E-state index is 0.0376. The number of aliphatic hydroxyl groups excluding tert-OH is 2. The van der Waals surface area contributed by atoms with Gasteiger partial charge in [-0.25, -0.2) is 4.68 Å². The number of carbonyl (C=O) groups excluding carboxylic acids is 2. The van der Waals surface area contributed by atoms with Crippen molar-refractivity contribution in [2.75, 3.05) is 19.7 Å². The zero-order valence-corrected chi connectivity index (χ0v) is 20.4. The Morgan fingerprint density at radius 1 is 1.06 bits per heavy atom. The number of benzene rings is 2. The standard InChI is InChI=1S/C26H31ClN4O4/c1-2-3-4-13-28-23(18-5-7-20(8-6-18)26(35)29-15-22(33)17-32)14-25(34)31-16-24(30-31)19-9-11-21(27)12-10-19/h5-12,14,16,22,28,30,32-33H,2-4,13,15,17H2,1H3,(H,29,35)/b23-14-. The summed E-state index contributed by atoms with van der Waals surface area (Å²) in [7, 11) is 0. The van der Waals surface area contributed by atoms with Crippen molar-refractivity contribution < 1.29 is 19.8 Å². The molecule has 1 heterocycles. The van der Waals surface area contributed by atoms with Gasteiger partial charge in [-0.05, 0) is 36.2 Å². The number of amides is 1. The van der Waals surface area contributed by atoms with E-state index in [4.69, 9.17) is 16.7 Å². The van der Waals surface area contributed by atoms with Gasteiger partial charge in [0.2, 0.25) is 0 Å². The lowest BCUT2D eigenvalue weighted by Gasteiger charge is -2.16. The molecule has 1 aromatic heterocycles. The Morgan fingerprint density at radius 2 is 1.71 bits per heavy atom. The average molecular weight is 499 g/mol. The van der Waals surface area contributed by atoms with Crippen molar-refractivity contribution in [1.82, 2.24) is 20.4 Å². The van der Waals surface area contributed by atoms with Crippen LogP contribution >= 0.6 is 11.6 Å². The summed E-state index contributed by atoms with van der Waals surface area (Å²) in [6, 6.07) is 14.2. The maximum atomic E-state index is 12.9. The highest BCUT2D eigenvalue weighted by Gasteiger charge is 2.13. The topological polar surface area (TPSA) is 119 Å². The molecule has 1 unspecified atom stereocenters. The first-order valence-corrected chi connectivity index (χ1v) is 12.0. The number of rotatable bonds is 12. The zero-order valence-electron chi connectivity index (χ0n) is 19.6. The van der Waals surface area contributed by atoms with Gasteiger partial charge in [-0.3, -0.25) is 14.7 Å². The molecule has 1 atom stereocenters. The van der Waals surface area contributed by atoms with Crippen LogP contribution < -0.4 is 10.6 Å². The summed E-state index contributed by atoms with van der Waals surface area (Å²) in [5.41, 5.74) is 3.59. The summed E-state index contributed by atoms with van der Waals surface area (Å²) >= 11 is 5.93. The lowest BCUT2D eigenvalue weighted by Crippen LogP contribution is -2.33. The third kappa shape index (κ3) is 7.58. The number of hydrogen-bond donors (Lipinski definition) is 5. The highest BCUT2D eigenvalue weighted by molar-refractivity contribution is 6.30. The smallest absolute Gasteiger partial charge is 0.271 e.